The van der Waals surface area contributed by atoms with Crippen molar-refractivity contribution in [1.29, 1.82) is 0 Å². The van der Waals surface area contributed by atoms with Crippen molar-refractivity contribution in [3.8, 4) is 0 Å². The van der Waals surface area contributed by atoms with Gasteiger partial charge < -0.3 is 15.3 Å². The van der Waals surface area contributed by atoms with Crippen molar-refractivity contribution in [1.82, 2.24) is 4.90 Å². The Morgan fingerprint density at radius 2 is 1.67 bits per heavy atom. The van der Waals surface area contributed by atoms with Gasteiger partial charge in [-0.25, -0.2) is 4.79 Å². The molecule has 3 rings (SSSR count). The van der Waals surface area contributed by atoms with Gasteiger partial charge in [0.2, 0.25) is 0 Å². The highest BCUT2D eigenvalue weighted by atomic mass is 16.4. The summed E-state index contributed by atoms with van der Waals surface area (Å²) in [4.78, 5) is 38.3. The number of benzene rings is 2. The van der Waals surface area contributed by atoms with Crippen molar-refractivity contribution in [2.45, 2.75) is 19.8 Å². The number of carbonyl (C=O) groups is 3. The fourth-order valence-electron chi connectivity index (χ4n) is 3.19. The first-order valence-electron chi connectivity index (χ1n) is 8.98. The third-order valence-corrected chi connectivity index (χ3v) is 4.84. The molecule has 1 aliphatic rings. The zero-order valence-corrected chi connectivity index (χ0v) is 15.1. The molecule has 27 heavy (non-hydrogen) atoms. The number of nitrogens with one attached hydrogen (secondary N) is 1. The van der Waals surface area contributed by atoms with Crippen molar-refractivity contribution in [3.05, 3.63) is 65.2 Å². The minimum Gasteiger partial charge on any atom is -0.478 e. The maximum Gasteiger partial charge on any atom is 0.336 e. The summed E-state index contributed by atoms with van der Waals surface area (Å²) in [6.07, 6.45) is 1.99. The Morgan fingerprint density at radius 1 is 1.00 bits per heavy atom. The zero-order chi connectivity index (χ0) is 19.4. The lowest BCUT2D eigenvalue weighted by molar-refractivity contribution is 0.0686. The number of likely N-dealkylation sites (tertiary alicyclic amines) is 1. The monoisotopic (exact) mass is 366 g/mol. The van der Waals surface area contributed by atoms with Crippen molar-refractivity contribution in [2.75, 3.05) is 18.4 Å². The molecule has 1 heterocycles. The van der Waals surface area contributed by atoms with Gasteiger partial charge in [-0.05, 0) is 49.1 Å². The summed E-state index contributed by atoms with van der Waals surface area (Å²) in [5.74, 6) is -1.11. The lowest BCUT2D eigenvalue weighted by atomic mass is 9.98. The maximum absolute atomic E-state index is 12.7. The van der Waals surface area contributed by atoms with Crippen LogP contribution in [-0.4, -0.2) is 40.9 Å². The quantitative estimate of drug-likeness (QED) is 0.867. The minimum atomic E-state index is -1.16. The Kier molecular flexibility index (Phi) is 5.54. The molecule has 2 amide bonds. The van der Waals surface area contributed by atoms with Crippen LogP contribution < -0.4 is 5.32 Å². The average Bonchev–Trinajstić information content (AvgIpc) is 2.68. The van der Waals surface area contributed by atoms with Gasteiger partial charge in [-0.1, -0.05) is 25.1 Å². The van der Waals surface area contributed by atoms with Crippen LogP contribution in [0.4, 0.5) is 5.69 Å². The number of piperidine rings is 1. The van der Waals surface area contributed by atoms with Crippen LogP contribution in [0.3, 0.4) is 0 Å². The van der Waals surface area contributed by atoms with E-state index in [1.807, 2.05) is 4.90 Å². The lowest BCUT2D eigenvalue weighted by Gasteiger charge is -2.30. The number of amides is 2. The molecule has 6 heteroatoms. The molecule has 140 valence electrons. The molecule has 0 atom stereocenters. The Balaban J connectivity index is 1.75. The van der Waals surface area contributed by atoms with Gasteiger partial charge in [0.25, 0.3) is 11.8 Å². The normalized spacial score (nSPS) is 14.6. The average molecular weight is 366 g/mol. The summed E-state index contributed by atoms with van der Waals surface area (Å²) in [7, 11) is 0. The Labute approximate surface area is 157 Å². The summed E-state index contributed by atoms with van der Waals surface area (Å²) in [5, 5.41) is 11.9. The molecule has 0 aliphatic carbocycles. The van der Waals surface area contributed by atoms with Gasteiger partial charge >= 0.3 is 5.97 Å². The second-order valence-electron chi connectivity index (χ2n) is 6.86. The molecule has 0 spiro atoms. The van der Waals surface area contributed by atoms with Gasteiger partial charge in [-0.2, -0.15) is 0 Å². The van der Waals surface area contributed by atoms with Crippen LogP contribution in [0.25, 0.3) is 0 Å². The Bertz CT molecular complexity index is 870. The molecule has 1 fully saturated rings. The molecule has 0 bridgehead atoms. The number of carboxylic acids is 1. The molecule has 0 unspecified atom stereocenters. The second-order valence-corrected chi connectivity index (χ2v) is 6.86. The third-order valence-electron chi connectivity index (χ3n) is 4.84. The standard InChI is InChI=1S/C21H22N2O4/c1-14-9-11-23(12-10-14)20(25)15-5-4-6-16(13-15)22-19(24)17-7-2-3-8-18(17)21(26)27/h2-8,13-14H,9-12H2,1H3,(H,22,24)(H,26,27). The topological polar surface area (TPSA) is 86.7 Å². The number of carboxylic acid groups (broad SMARTS) is 1. The first-order valence-corrected chi connectivity index (χ1v) is 8.98. The molecular weight excluding hydrogens is 344 g/mol. The molecule has 2 aromatic rings. The zero-order valence-electron chi connectivity index (χ0n) is 15.1. The van der Waals surface area contributed by atoms with Crippen molar-refractivity contribution < 1.29 is 19.5 Å². The summed E-state index contributed by atoms with van der Waals surface area (Å²) >= 11 is 0. The molecular formula is C21H22N2O4. The first kappa shape index (κ1) is 18.6. The van der Waals surface area contributed by atoms with E-state index < -0.39 is 11.9 Å². The van der Waals surface area contributed by atoms with Crippen LogP contribution in [0.1, 0.15) is 50.8 Å². The summed E-state index contributed by atoms with van der Waals surface area (Å²) in [6, 6.07) is 12.8. The smallest absolute Gasteiger partial charge is 0.336 e. The SMILES string of the molecule is CC1CCN(C(=O)c2cccc(NC(=O)c3ccccc3C(=O)O)c2)CC1. The van der Waals surface area contributed by atoms with E-state index in [9.17, 15) is 19.5 Å². The van der Waals surface area contributed by atoms with E-state index >= 15 is 0 Å². The van der Waals surface area contributed by atoms with E-state index in [0.717, 1.165) is 25.9 Å². The Morgan fingerprint density at radius 3 is 2.33 bits per heavy atom. The van der Waals surface area contributed by atoms with Gasteiger partial charge in [0, 0.05) is 24.3 Å². The van der Waals surface area contributed by atoms with E-state index in [4.69, 9.17) is 0 Å². The highest BCUT2D eigenvalue weighted by Crippen LogP contribution is 2.20. The van der Waals surface area contributed by atoms with Gasteiger partial charge in [-0.15, -0.1) is 0 Å². The fraction of sp³-hybridized carbons (Fsp3) is 0.286. The van der Waals surface area contributed by atoms with E-state index in [2.05, 4.69) is 12.2 Å². The second kappa shape index (κ2) is 8.03. The summed E-state index contributed by atoms with van der Waals surface area (Å²) in [6.45, 7) is 3.66. The van der Waals surface area contributed by atoms with E-state index in [0.29, 0.717) is 17.2 Å². The largest absolute Gasteiger partial charge is 0.478 e. The van der Waals surface area contributed by atoms with Gasteiger partial charge in [0.15, 0.2) is 0 Å². The van der Waals surface area contributed by atoms with E-state index in [-0.39, 0.29) is 17.0 Å². The number of aromatic carboxylic acids is 1. The molecule has 2 N–H and O–H groups in total. The fourth-order valence-corrected chi connectivity index (χ4v) is 3.19. The number of anilines is 1. The van der Waals surface area contributed by atoms with Gasteiger partial charge in [-0.3, -0.25) is 9.59 Å². The molecule has 0 aromatic heterocycles. The number of carbonyl (C=O) groups excluding carboxylic acids is 2. The number of hydrogen-bond donors (Lipinski definition) is 2. The number of nitrogens with zero attached hydrogens (tertiary/aromatic N) is 1. The van der Waals surface area contributed by atoms with Crippen molar-refractivity contribution in [3.63, 3.8) is 0 Å². The lowest BCUT2D eigenvalue weighted by Crippen LogP contribution is -2.37. The highest BCUT2D eigenvalue weighted by molar-refractivity contribution is 6.11. The maximum atomic E-state index is 12.7. The van der Waals surface area contributed by atoms with Crippen molar-refractivity contribution >= 4 is 23.5 Å². The van der Waals surface area contributed by atoms with E-state index in [1.165, 1.54) is 12.1 Å². The third kappa shape index (κ3) is 4.34. The molecule has 0 radical (unpaired) electrons. The Hall–Kier alpha value is -3.15. The van der Waals surface area contributed by atoms with Crippen LogP contribution >= 0.6 is 0 Å². The first-order chi connectivity index (χ1) is 13.0. The van der Waals surface area contributed by atoms with Crippen LogP contribution in [0.2, 0.25) is 0 Å². The summed E-state index contributed by atoms with van der Waals surface area (Å²) in [5.41, 5.74) is 0.974. The van der Waals surface area contributed by atoms with Crippen LogP contribution in [-0.2, 0) is 0 Å². The van der Waals surface area contributed by atoms with Crippen LogP contribution in [0, 0.1) is 5.92 Å². The molecule has 0 saturated carbocycles. The predicted molar refractivity (Wildman–Crippen MR) is 102 cm³/mol. The number of hydrogen-bond acceptors (Lipinski definition) is 3. The predicted octanol–water partition coefficient (Wildman–Crippen LogP) is 3.51. The summed E-state index contributed by atoms with van der Waals surface area (Å²) < 4.78 is 0. The van der Waals surface area contributed by atoms with E-state index in [1.54, 1.807) is 36.4 Å². The highest BCUT2D eigenvalue weighted by Gasteiger charge is 2.22. The molecule has 2 aromatic carbocycles. The molecule has 6 nitrogen and oxygen atoms in total. The van der Waals surface area contributed by atoms with Crippen LogP contribution in [0.15, 0.2) is 48.5 Å². The van der Waals surface area contributed by atoms with Crippen LogP contribution in [0.5, 0.6) is 0 Å². The minimum absolute atomic E-state index is 0.0519. The molecule has 1 aliphatic heterocycles. The van der Waals surface area contributed by atoms with Gasteiger partial charge in [0.1, 0.15) is 0 Å². The molecule has 1 saturated heterocycles. The van der Waals surface area contributed by atoms with Crippen molar-refractivity contribution in [2.24, 2.45) is 5.92 Å². The number of rotatable bonds is 4. The van der Waals surface area contributed by atoms with Gasteiger partial charge in [0.05, 0.1) is 11.1 Å².